The minimum Gasteiger partial charge on any atom is -0.322 e. The number of pyridine rings is 1. The zero-order valence-corrected chi connectivity index (χ0v) is 11.2. The molecule has 1 fully saturated rings. The van der Waals surface area contributed by atoms with Crippen molar-refractivity contribution in [3.8, 4) is 0 Å². The Labute approximate surface area is 108 Å². The van der Waals surface area contributed by atoms with Crippen LogP contribution < -0.4 is 5.73 Å². The maximum absolute atomic E-state index is 13.3. The summed E-state index contributed by atoms with van der Waals surface area (Å²) in [6.45, 7) is 6.49. The quantitative estimate of drug-likeness (QED) is 0.894. The lowest BCUT2D eigenvalue weighted by Gasteiger charge is -2.43. The van der Waals surface area contributed by atoms with Crippen molar-refractivity contribution in [2.24, 2.45) is 5.73 Å². The summed E-state index contributed by atoms with van der Waals surface area (Å²) >= 11 is 0. The van der Waals surface area contributed by atoms with Crippen LogP contribution in [-0.2, 0) is 0 Å². The summed E-state index contributed by atoms with van der Waals surface area (Å²) in [5.74, 6) is -0.317. The number of hydrogen-bond acceptors (Lipinski definition) is 3. The van der Waals surface area contributed by atoms with Crippen LogP contribution in [0.3, 0.4) is 0 Å². The van der Waals surface area contributed by atoms with Gasteiger partial charge in [0, 0.05) is 17.8 Å². The molecule has 0 aliphatic carbocycles. The van der Waals surface area contributed by atoms with E-state index in [0.717, 1.165) is 25.1 Å². The van der Waals surface area contributed by atoms with Crippen LogP contribution in [0.5, 0.6) is 0 Å². The highest BCUT2D eigenvalue weighted by Gasteiger charge is 2.38. The molecule has 3 nitrogen and oxygen atoms in total. The minimum absolute atomic E-state index is 0.119. The first kappa shape index (κ1) is 13.4. The number of halogens is 1. The SMILES string of the molecule is CCC(C)(C(N)c1cncc(F)c1)N1CCCC1. The largest absolute Gasteiger partial charge is 0.322 e. The van der Waals surface area contributed by atoms with Gasteiger partial charge in [0.2, 0.25) is 0 Å². The molecule has 100 valence electrons. The van der Waals surface area contributed by atoms with E-state index in [1.54, 1.807) is 6.20 Å². The Balaban J connectivity index is 2.26. The van der Waals surface area contributed by atoms with Gasteiger partial charge in [-0.25, -0.2) is 4.39 Å². The van der Waals surface area contributed by atoms with Crippen LogP contribution in [-0.4, -0.2) is 28.5 Å². The lowest BCUT2D eigenvalue weighted by Crippen LogP contribution is -2.51. The molecular formula is C14H22FN3. The Hall–Kier alpha value is -1.00. The molecule has 0 radical (unpaired) electrons. The van der Waals surface area contributed by atoms with Crippen LogP contribution in [0.4, 0.5) is 4.39 Å². The van der Waals surface area contributed by atoms with Gasteiger partial charge in [-0.2, -0.15) is 0 Å². The number of hydrogen-bond donors (Lipinski definition) is 1. The number of nitrogens with two attached hydrogens (primary N) is 1. The van der Waals surface area contributed by atoms with Crippen molar-refractivity contribution in [2.75, 3.05) is 13.1 Å². The van der Waals surface area contributed by atoms with Crippen LogP contribution >= 0.6 is 0 Å². The topological polar surface area (TPSA) is 42.1 Å². The van der Waals surface area contributed by atoms with E-state index in [1.807, 2.05) is 0 Å². The summed E-state index contributed by atoms with van der Waals surface area (Å²) in [4.78, 5) is 6.34. The van der Waals surface area contributed by atoms with Gasteiger partial charge in [0.15, 0.2) is 0 Å². The number of rotatable bonds is 4. The zero-order chi connectivity index (χ0) is 13.2. The molecule has 1 aromatic rings. The summed E-state index contributed by atoms with van der Waals surface area (Å²) in [5.41, 5.74) is 7.05. The highest BCUT2D eigenvalue weighted by Crippen LogP contribution is 2.34. The van der Waals surface area contributed by atoms with Gasteiger partial charge in [0.05, 0.1) is 6.20 Å². The third-order valence-electron chi connectivity index (χ3n) is 4.30. The van der Waals surface area contributed by atoms with Gasteiger partial charge >= 0.3 is 0 Å². The van der Waals surface area contributed by atoms with E-state index in [0.29, 0.717) is 0 Å². The summed E-state index contributed by atoms with van der Waals surface area (Å²) in [5, 5.41) is 0. The second kappa shape index (κ2) is 5.33. The third-order valence-corrected chi connectivity index (χ3v) is 4.30. The first-order valence-corrected chi connectivity index (χ1v) is 6.69. The van der Waals surface area contributed by atoms with Crippen LogP contribution in [0.25, 0.3) is 0 Å². The van der Waals surface area contributed by atoms with Crippen molar-refractivity contribution in [3.05, 3.63) is 29.8 Å². The fraction of sp³-hybridized carbons (Fsp3) is 0.643. The van der Waals surface area contributed by atoms with Gasteiger partial charge in [-0.3, -0.25) is 9.88 Å². The van der Waals surface area contributed by atoms with E-state index < -0.39 is 0 Å². The second-order valence-electron chi connectivity index (χ2n) is 5.32. The van der Waals surface area contributed by atoms with Gasteiger partial charge < -0.3 is 5.73 Å². The average Bonchev–Trinajstić information content (AvgIpc) is 2.91. The zero-order valence-electron chi connectivity index (χ0n) is 11.2. The van der Waals surface area contributed by atoms with Crippen molar-refractivity contribution in [3.63, 3.8) is 0 Å². The predicted molar refractivity (Wildman–Crippen MR) is 70.6 cm³/mol. The third kappa shape index (κ3) is 2.40. The van der Waals surface area contributed by atoms with E-state index >= 15 is 0 Å². The van der Waals surface area contributed by atoms with Crippen molar-refractivity contribution in [2.45, 2.75) is 44.7 Å². The van der Waals surface area contributed by atoms with Gasteiger partial charge in [0.1, 0.15) is 5.82 Å². The minimum atomic E-state index is -0.317. The molecule has 1 aliphatic rings. The molecule has 2 heterocycles. The van der Waals surface area contributed by atoms with E-state index in [4.69, 9.17) is 5.73 Å². The van der Waals surface area contributed by atoms with Crippen molar-refractivity contribution in [1.29, 1.82) is 0 Å². The second-order valence-corrected chi connectivity index (χ2v) is 5.32. The monoisotopic (exact) mass is 251 g/mol. The maximum Gasteiger partial charge on any atom is 0.141 e. The van der Waals surface area contributed by atoms with Crippen molar-refractivity contribution >= 4 is 0 Å². The van der Waals surface area contributed by atoms with Crippen LogP contribution in [0.15, 0.2) is 18.5 Å². The Morgan fingerprint density at radius 2 is 2.11 bits per heavy atom. The predicted octanol–water partition coefficient (Wildman–Crippen LogP) is 2.49. The van der Waals surface area contributed by atoms with Gasteiger partial charge in [0.25, 0.3) is 0 Å². The maximum atomic E-state index is 13.3. The van der Waals surface area contributed by atoms with E-state index in [2.05, 4.69) is 23.7 Å². The molecule has 2 unspecified atom stereocenters. The van der Waals surface area contributed by atoms with Crippen LogP contribution in [0, 0.1) is 5.82 Å². The average molecular weight is 251 g/mol. The Morgan fingerprint density at radius 1 is 1.44 bits per heavy atom. The molecule has 1 saturated heterocycles. The highest BCUT2D eigenvalue weighted by atomic mass is 19.1. The molecule has 4 heteroatoms. The Kier molecular flexibility index (Phi) is 3.97. The van der Waals surface area contributed by atoms with Crippen LogP contribution in [0.2, 0.25) is 0 Å². The molecule has 0 bridgehead atoms. The Bertz CT molecular complexity index is 404. The molecule has 2 N–H and O–H groups in total. The van der Waals surface area contributed by atoms with Gasteiger partial charge in [-0.1, -0.05) is 6.92 Å². The van der Waals surface area contributed by atoms with E-state index in [1.165, 1.54) is 25.1 Å². The fourth-order valence-corrected chi connectivity index (χ4v) is 2.83. The lowest BCUT2D eigenvalue weighted by atomic mass is 9.84. The van der Waals surface area contributed by atoms with Gasteiger partial charge in [-0.15, -0.1) is 0 Å². The summed E-state index contributed by atoms with van der Waals surface area (Å²) in [7, 11) is 0. The molecule has 2 rings (SSSR count). The number of aromatic nitrogens is 1. The van der Waals surface area contributed by atoms with Crippen molar-refractivity contribution in [1.82, 2.24) is 9.88 Å². The molecular weight excluding hydrogens is 229 g/mol. The van der Waals surface area contributed by atoms with Crippen LogP contribution in [0.1, 0.15) is 44.7 Å². The number of nitrogens with zero attached hydrogens (tertiary/aromatic N) is 2. The first-order valence-electron chi connectivity index (χ1n) is 6.69. The van der Waals surface area contributed by atoms with E-state index in [9.17, 15) is 4.39 Å². The molecule has 18 heavy (non-hydrogen) atoms. The number of likely N-dealkylation sites (tertiary alicyclic amines) is 1. The smallest absolute Gasteiger partial charge is 0.141 e. The summed E-state index contributed by atoms with van der Waals surface area (Å²) in [6, 6.07) is 1.30. The highest BCUT2D eigenvalue weighted by molar-refractivity contribution is 5.20. The van der Waals surface area contributed by atoms with Crippen molar-refractivity contribution < 1.29 is 4.39 Å². The summed E-state index contributed by atoms with van der Waals surface area (Å²) in [6.07, 6.45) is 6.30. The summed E-state index contributed by atoms with van der Waals surface area (Å²) < 4.78 is 13.3. The normalized spacial score (nSPS) is 21.8. The molecule has 0 saturated carbocycles. The fourth-order valence-electron chi connectivity index (χ4n) is 2.83. The molecule has 0 amide bonds. The Morgan fingerprint density at radius 3 is 2.67 bits per heavy atom. The standard InChI is InChI=1S/C14H22FN3/c1-3-14(2,18-6-4-5-7-18)13(16)11-8-12(15)10-17-9-11/h8-10,13H,3-7,16H2,1-2H3. The molecule has 0 aromatic carbocycles. The molecule has 1 aliphatic heterocycles. The molecule has 0 spiro atoms. The van der Waals surface area contributed by atoms with Gasteiger partial charge in [-0.05, 0) is 50.9 Å². The molecule has 2 atom stereocenters. The first-order chi connectivity index (χ1) is 8.58. The molecule has 1 aromatic heterocycles. The van der Waals surface area contributed by atoms with E-state index in [-0.39, 0.29) is 17.4 Å². The lowest BCUT2D eigenvalue weighted by molar-refractivity contribution is 0.0997.